The highest BCUT2D eigenvalue weighted by Gasteiger charge is 2.42. The average molecular weight is 505 g/mol. The Hall–Kier alpha value is -2.58. The summed E-state index contributed by atoms with van der Waals surface area (Å²) in [6.45, 7) is 7.09. The summed E-state index contributed by atoms with van der Waals surface area (Å²) in [4.78, 5) is 16.1. The minimum Gasteiger partial charge on any atom is -0.481 e. The number of pyridine rings is 1. The molecule has 190 valence electrons. The molecule has 0 saturated carbocycles. The molecule has 2 heterocycles. The molecule has 0 bridgehead atoms. The number of aromatic nitrogens is 5. The van der Waals surface area contributed by atoms with E-state index in [1.54, 1.807) is 12.1 Å². The van der Waals surface area contributed by atoms with Crippen molar-refractivity contribution >= 4 is 19.9 Å². The number of nitrogens with one attached hydrogen (secondary N) is 1. The number of anilines is 1. The summed E-state index contributed by atoms with van der Waals surface area (Å²) in [6, 6.07) is 4.11. The number of aliphatic hydroxyl groups is 1. The van der Waals surface area contributed by atoms with Crippen LogP contribution in [0.15, 0.2) is 18.3 Å². The molecular formula is C20H31F3N6O4Si. The third-order valence-corrected chi connectivity index (χ3v) is 6.76. The van der Waals surface area contributed by atoms with Crippen LogP contribution in [-0.4, -0.2) is 75.4 Å². The third kappa shape index (κ3) is 9.35. The molecule has 2 atom stereocenters. The first kappa shape index (κ1) is 27.7. The highest BCUT2D eigenvalue weighted by atomic mass is 28.3. The van der Waals surface area contributed by atoms with Crippen molar-refractivity contribution in [1.29, 1.82) is 0 Å². The lowest BCUT2D eigenvalue weighted by Crippen LogP contribution is -2.31. The SMILES string of the molecule is C[Si](C)(C)CCOCn1nnnc1[C@@H](Cc1ccc(NCCO)nc1)C(CC(F)(F)F)C(=O)O. The van der Waals surface area contributed by atoms with Gasteiger partial charge in [0.05, 0.1) is 18.9 Å². The summed E-state index contributed by atoms with van der Waals surface area (Å²) in [6.07, 6.45) is -4.85. The lowest BCUT2D eigenvalue weighted by Gasteiger charge is -2.24. The summed E-state index contributed by atoms with van der Waals surface area (Å²) in [5, 5.41) is 32.7. The molecule has 34 heavy (non-hydrogen) atoms. The number of aliphatic carboxylic acids is 1. The molecule has 2 rings (SSSR count). The van der Waals surface area contributed by atoms with Crippen molar-refractivity contribution in [3.05, 3.63) is 29.7 Å². The molecule has 0 aliphatic rings. The molecule has 1 unspecified atom stereocenters. The molecule has 10 nitrogen and oxygen atoms in total. The number of aliphatic hydroxyl groups excluding tert-OH is 1. The highest BCUT2D eigenvalue weighted by Crippen LogP contribution is 2.36. The van der Waals surface area contributed by atoms with Gasteiger partial charge in [0.15, 0.2) is 5.82 Å². The van der Waals surface area contributed by atoms with E-state index in [0.29, 0.717) is 18.0 Å². The van der Waals surface area contributed by atoms with Crippen LogP contribution in [0.25, 0.3) is 0 Å². The van der Waals surface area contributed by atoms with E-state index in [0.717, 1.165) is 6.04 Å². The summed E-state index contributed by atoms with van der Waals surface area (Å²) < 4.78 is 46.6. The van der Waals surface area contributed by atoms with E-state index in [-0.39, 0.29) is 32.1 Å². The summed E-state index contributed by atoms with van der Waals surface area (Å²) >= 11 is 0. The second kappa shape index (κ2) is 12.2. The van der Waals surface area contributed by atoms with Crippen LogP contribution in [-0.2, 0) is 22.7 Å². The Kier molecular flexibility index (Phi) is 9.94. The zero-order valence-corrected chi connectivity index (χ0v) is 20.4. The van der Waals surface area contributed by atoms with E-state index in [1.165, 1.54) is 10.9 Å². The van der Waals surface area contributed by atoms with Gasteiger partial charge in [0, 0.05) is 33.3 Å². The van der Waals surface area contributed by atoms with Crippen molar-refractivity contribution < 1.29 is 32.9 Å². The van der Waals surface area contributed by atoms with Gasteiger partial charge in [-0.25, -0.2) is 9.67 Å². The minimum absolute atomic E-state index is 0.00661. The summed E-state index contributed by atoms with van der Waals surface area (Å²) in [5.74, 6) is -4.09. The topological polar surface area (TPSA) is 135 Å². The monoisotopic (exact) mass is 504 g/mol. The van der Waals surface area contributed by atoms with Crippen LogP contribution < -0.4 is 5.32 Å². The molecule has 0 saturated heterocycles. The number of carbonyl (C=O) groups is 1. The van der Waals surface area contributed by atoms with Gasteiger partial charge in [0.1, 0.15) is 12.5 Å². The number of alkyl halides is 3. The third-order valence-electron chi connectivity index (χ3n) is 5.05. The fourth-order valence-corrected chi connectivity index (χ4v) is 4.01. The van der Waals surface area contributed by atoms with E-state index in [4.69, 9.17) is 9.84 Å². The second-order valence-electron chi connectivity index (χ2n) is 9.16. The zero-order valence-electron chi connectivity index (χ0n) is 19.4. The van der Waals surface area contributed by atoms with Crippen LogP contribution in [0.2, 0.25) is 25.7 Å². The molecule has 0 aromatic carbocycles. The smallest absolute Gasteiger partial charge is 0.389 e. The number of halogens is 3. The van der Waals surface area contributed by atoms with Crippen molar-refractivity contribution in [2.45, 2.75) is 57.4 Å². The number of hydrogen-bond donors (Lipinski definition) is 3. The lowest BCUT2D eigenvalue weighted by atomic mass is 9.84. The van der Waals surface area contributed by atoms with E-state index in [9.17, 15) is 23.1 Å². The van der Waals surface area contributed by atoms with Gasteiger partial charge in [0.2, 0.25) is 0 Å². The fourth-order valence-electron chi connectivity index (χ4n) is 3.25. The standard InChI is InChI=1S/C20H31F3N6O4Si/c1-34(2,3)9-8-33-13-29-18(26-27-28-29)15(16(19(31)32)11-20(21,22)23)10-14-4-5-17(25-12-14)24-6-7-30/h4-5,12,15-16,30H,6-11,13H2,1-3H3,(H,24,25)(H,31,32)/t15-,16?/m0/s1. The molecule has 0 aliphatic carbocycles. The van der Waals surface area contributed by atoms with Gasteiger partial charge in [-0.15, -0.1) is 5.10 Å². The molecule has 0 aliphatic heterocycles. The molecule has 0 amide bonds. The van der Waals surface area contributed by atoms with E-state index in [1.807, 2.05) is 0 Å². The molecule has 14 heteroatoms. The number of nitrogens with zero attached hydrogens (tertiary/aromatic N) is 5. The van der Waals surface area contributed by atoms with Gasteiger partial charge < -0.3 is 20.3 Å². The molecule has 0 radical (unpaired) electrons. The minimum atomic E-state index is -4.69. The number of tetrazole rings is 1. The van der Waals surface area contributed by atoms with Gasteiger partial charge in [-0.05, 0) is 34.5 Å². The lowest BCUT2D eigenvalue weighted by molar-refractivity contribution is -0.165. The Morgan fingerprint density at radius 1 is 1.29 bits per heavy atom. The Morgan fingerprint density at radius 3 is 2.59 bits per heavy atom. The Bertz CT molecular complexity index is 905. The number of ether oxygens (including phenoxy) is 1. The predicted octanol–water partition coefficient (Wildman–Crippen LogP) is 2.76. The normalized spacial score (nSPS) is 14.1. The molecule has 3 N–H and O–H groups in total. The summed E-state index contributed by atoms with van der Waals surface area (Å²) in [5.41, 5.74) is 0.516. The Labute approximate surface area is 196 Å². The second-order valence-corrected chi connectivity index (χ2v) is 14.8. The van der Waals surface area contributed by atoms with Crippen molar-refractivity contribution in [3.8, 4) is 0 Å². The molecular weight excluding hydrogens is 473 g/mol. The Balaban J connectivity index is 2.29. The first-order valence-electron chi connectivity index (χ1n) is 10.8. The Morgan fingerprint density at radius 2 is 2.03 bits per heavy atom. The van der Waals surface area contributed by atoms with Crippen molar-refractivity contribution in [2.75, 3.05) is 25.1 Å². The quantitative estimate of drug-likeness (QED) is 0.262. The zero-order chi connectivity index (χ0) is 25.4. The van der Waals surface area contributed by atoms with Crippen LogP contribution in [0.1, 0.15) is 23.7 Å². The predicted molar refractivity (Wildman–Crippen MR) is 120 cm³/mol. The number of hydrogen-bond acceptors (Lipinski definition) is 8. The highest BCUT2D eigenvalue weighted by molar-refractivity contribution is 6.76. The van der Waals surface area contributed by atoms with E-state index < -0.39 is 38.5 Å². The maximum Gasteiger partial charge on any atom is 0.389 e. The van der Waals surface area contributed by atoms with Gasteiger partial charge in [0.25, 0.3) is 0 Å². The van der Waals surface area contributed by atoms with Gasteiger partial charge >= 0.3 is 12.1 Å². The molecule has 0 fully saturated rings. The van der Waals surface area contributed by atoms with E-state index >= 15 is 0 Å². The van der Waals surface area contributed by atoms with Crippen LogP contribution in [0.3, 0.4) is 0 Å². The van der Waals surface area contributed by atoms with E-state index in [2.05, 4.69) is 45.5 Å². The van der Waals surface area contributed by atoms with Crippen molar-refractivity contribution in [3.63, 3.8) is 0 Å². The van der Waals surface area contributed by atoms with Crippen molar-refractivity contribution in [1.82, 2.24) is 25.2 Å². The maximum atomic E-state index is 13.3. The maximum absolute atomic E-state index is 13.3. The first-order valence-corrected chi connectivity index (χ1v) is 14.5. The van der Waals surface area contributed by atoms with Crippen LogP contribution in [0, 0.1) is 5.92 Å². The number of rotatable bonds is 14. The fraction of sp³-hybridized carbons (Fsp3) is 0.650. The molecule has 2 aromatic heterocycles. The first-order chi connectivity index (χ1) is 15.9. The van der Waals surface area contributed by atoms with Crippen LogP contribution in [0.4, 0.5) is 19.0 Å². The average Bonchev–Trinajstić information content (AvgIpc) is 3.20. The largest absolute Gasteiger partial charge is 0.481 e. The number of carboxylic acids is 1. The summed E-state index contributed by atoms with van der Waals surface area (Å²) in [7, 11) is -1.35. The van der Waals surface area contributed by atoms with Gasteiger partial charge in [-0.2, -0.15) is 13.2 Å². The van der Waals surface area contributed by atoms with Crippen LogP contribution >= 0.6 is 0 Å². The van der Waals surface area contributed by atoms with Crippen molar-refractivity contribution in [2.24, 2.45) is 5.92 Å². The molecule has 2 aromatic rings. The molecule has 0 spiro atoms. The number of carboxylic acid groups (broad SMARTS) is 1. The van der Waals surface area contributed by atoms with Gasteiger partial charge in [-0.3, -0.25) is 4.79 Å². The van der Waals surface area contributed by atoms with Crippen LogP contribution in [0.5, 0.6) is 0 Å². The van der Waals surface area contributed by atoms with Gasteiger partial charge in [-0.1, -0.05) is 25.7 Å².